The summed E-state index contributed by atoms with van der Waals surface area (Å²) in [6.07, 6.45) is 2.74. The number of ether oxygens (including phenoxy) is 1. The number of fused-ring (bicyclic) bond motifs is 1. The van der Waals surface area contributed by atoms with Gasteiger partial charge in [0.15, 0.2) is 0 Å². The van der Waals surface area contributed by atoms with Crippen LogP contribution in [0.2, 0.25) is 0 Å². The van der Waals surface area contributed by atoms with Crippen LogP contribution < -0.4 is 15.5 Å². The van der Waals surface area contributed by atoms with Crippen LogP contribution >= 0.6 is 0 Å². The van der Waals surface area contributed by atoms with Crippen molar-refractivity contribution in [2.45, 2.75) is 38.8 Å². The Kier molecular flexibility index (Phi) is 7.05. The molecule has 3 amide bonds. The summed E-state index contributed by atoms with van der Waals surface area (Å²) < 4.78 is 5.98. The smallest absolute Gasteiger partial charge is 0.251 e. The molecule has 9 heteroatoms. The number of hydrogen-bond acceptors (Lipinski definition) is 6. The molecule has 2 fully saturated rings. The largest absolute Gasteiger partial charge is 0.489 e. The number of rotatable bonds is 7. The van der Waals surface area contributed by atoms with E-state index < -0.39 is 17.9 Å². The van der Waals surface area contributed by atoms with Crippen molar-refractivity contribution in [2.75, 3.05) is 13.1 Å². The molecule has 1 aliphatic carbocycles. The van der Waals surface area contributed by atoms with Crippen molar-refractivity contribution in [3.05, 3.63) is 71.4 Å². The molecular formula is C28H30N4O5. The summed E-state index contributed by atoms with van der Waals surface area (Å²) in [5.41, 5.74) is 4.93. The molecule has 3 aromatic rings. The maximum absolute atomic E-state index is 13.0. The molecule has 1 saturated carbocycles. The molecule has 2 aliphatic rings. The van der Waals surface area contributed by atoms with Gasteiger partial charge in [-0.05, 0) is 56.2 Å². The molecule has 37 heavy (non-hydrogen) atoms. The first-order chi connectivity index (χ1) is 17.9. The van der Waals surface area contributed by atoms with E-state index in [2.05, 4.69) is 10.3 Å². The number of aryl methyl sites for hydroxylation is 1. The van der Waals surface area contributed by atoms with Crippen LogP contribution in [-0.2, 0) is 16.2 Å². The maximum atomic E-state index is 13.0. The van der Waals surface area contributed by atoms with Crippen molar-refractivity contribution < 1.29 is 24.3 Å². The van der Waals surface area contributed by atoms with Crippen LogP contribution in [0.3, 0.4) is 0 Å². The number of carbonyl (C=O) groups excluding carboxylic acids is 3. The Labute approximate surface area is 214 Å². The monoisotopic (exact) mass is 502 g/mol. The molecule has 2 heterocycles. The second-order valence-electron chi connectivity index (χ2n) is 9.79. The minimum Gasteiger partial charge on any atom is -0.489 e. The van der Waals surface area contributed by atoms with Gasteiger partial charge >= 0.3 is 0 Å². The number of pyridine rings is 1. The topological polar surface area (TPSA) is 121 Å². The Morgan fingerprint density at radius 2 is 1.84 bits per heavy atom. The van der Waals surface area contributed by atoms with Crippen molar-refractivity contribution in [1.29, 1.82) is 0 Å². The Balaban J connectivity index is 1.22. The van der Waals surface area contributed by atoms with Crippen LogP contribution in [0, 0.1) is 18.8 Å². The number of carbonyl (C=O) groups is 3. The lowest BCUT2D eigenvalue weighted by atomic mass is 9.84. The zero-order chi connectivity index (χ0) is 25.9. The fourth-order valence-corrected chi connectivity index (χ4v) is 5.02. The quantitative estimate of drug-likeness (QED) is 0.337. The minimum absolute atomic E-state index is 0.00566. The standard InChI is InChI=1S/C28H30N4O5/c1-17-13-20(22-7-2-3-8-24(22)29-17)16-37-21-11-9-18(10-12-21)26(33)30-25-15-32(14-23(25)27(34)31-36)28(35)19-5-4-6-19/h2-3,7-13,19,23,25,36H,4-6,14-16H2,1H3,(H,30,33)(H,31,34)/t23-,25+/m0/s1. The van der Waals surface area contributed by atoms with Gasteiger partial charge in [-0.15, -0.1) is 0 Å². The van der Waals surface area contributed by atoms with Gasteiger partial charge in [0.25, 0.3) is 5.91 Å². The first kappa shape index (κ1) is 24.7. The molecule has 1 aromatic heterocycles. The number of benzene rings is 2. The highest BCUT2D eigenvalue weighted by Crippen LogP contribution is 2.31. The van der Waals surface area contributed by atoms with E-state index in [1.165, 1.54) is 0 Å². The van der Waals surface area contributed by atoms with E-state index in [4.69, 9.17) is 9.94 Å². The van der Waals surface area contributed by atoms with Gasteiger partial charge in [-0.1, -0.05) is 24.6 Å². The van der Waals surface area contributed by atoms with Crippen LogP contribution in [0.1, 0.15) is 40.9 Å². The summed E-state index contributed by atoms with van der Waals surface area (Å²) in [6, 6.07) is 16.1. The average Bonchev–Trinajstić information content (AvgIpc) is 3.29. The third kappa shape index (κ3) is 5.27. The zero-order valence-electron chi connectivity index (χ0n) is 20.6. The number of hydrogen-bond donors (Lipinski definition) is 3. The number of aromatic nitrogens is 1. The Bertz CT molecular complexity index is 1320. The van der Waals surface area contributed by atoms with Crippen LogP contribution in [0.5, 0.6) is 5.75 Å². The molecule has 2 atom stereocenters. The van der Waals surface area contributed by atoms with Crippen LogP contribution in [0.4, 0.5) is 0 Å². The van der Waals surface area contributed by atoms with Gasteiger partial charge in [0.05, 0.1) is 17.5 Å². The van der Waals surface area contributed by atoms with E-state index in [9.17, 15) is 14.4 Å². The second kappa shape index (κ2) is 10.6. The third-order valence-corrected chi connectivity index (χ3v) is 7.29. The van der Waals surface area contributed by atoms with E-state index in [-0.39, 0.29) is 30.8 Å². The van der Waals surface area contributed by atoms with Gasteiger partial charge in [0.2, 0.25) is 11.8 Å². The number of para-hydroxylation sites is 1. The molecule has 5 rings (SSSR count). The van der Waals surface area contributed by atoms with Gasteiger partial charge in [-0.25, -0.2) is 5.48 Å². The first-order valence-corrected chi connectivity index (χ1v) is 12.5. The van der Waals surface area contributed by atoms with Gasteiger partial charge in [-0.3, -0.25) is 24.6 Å². The fourth-order valence-electron chi connectivity index (χ4n) is 5.02. The van der Waals surface area contributed by atoms with E-state index in [0.29, 0.717) is 17.9 Å². The normalized spacial score (nSPS) is 19.4. The molecular weight excluding hydrogens is 472 g/mol. The number of nitrogens with one attached hydrogen (secondary N) is 2. The third-order valence-electron chi connectivity index (χ3n) is 7.29. The number of likely N-dealkylation sites (tertiary alicyclic amines) is 1. The lowest BCUT2D eigenvalue weighted by molar-refractivity contribution is -0.138. The summed E-state index contributed by atoms with van der Waals surface area (Å²) in [6.45, 7) is 2.72. The highest BCUT2D eigenvalue weighted by Gasteiger charge is 2.42. The number of nitrogens with zero attached hydrogens (tertiary/aromatic N) is 2. The summed E-state index contributed by atoms with van der Waals surface area (Å²) in [5.74, 6) is -1.07. The molecule has 192 valence electrons. The lowest BCUT2D eigenvalue weighted by Crippen LogP contribution is -2.45. The van der Waals surface area contributed by atoms with E-state index in [1.54, 1.807) is 34.6 Å². The maximum Gasteiger partial charge on any atom is 0.251 e. The highest BCUT2D eigenvalue weighted by molar-refractivity contribution is 5.95. The number of hydroxylamine groups is 1. The van der Waals surface area contributed by atoms with Gasteiger partial charge in [0.1, 0.15) is 12.4 Å². The van der Waals surface area contributed by atoms with Crippen molar-refractivity contribution >= 4 is 28.6 Å². The molecule has 3 N–H and O–H groups in total. The summed E-state index contributed by atoms with van der Waals surface area (Å²) in [5, 5.41) is 13.1. The number of amides is 3. The van der Waals surface area contributed by atoms with Crippen LogP contribution in [-0.4, -0.2) is 51.9 Å². The van der Waals surface area contributed by atoms with Gasteiger partial charge in [-0.2, -0.15) is 0 Å². The van der Waals surface area contributed by atoms with E-state index in [0.717, 1.165) is 41.4 Å². The van der Waals surface area contributed by atoms with Gasteiger partial charge in [0, 0.05) is 41.2 Å². The molecule has 9 nitrogen and oxygen atoms in total. The van der Waals surface area contributed by atoms with Crippen molar-refractivity contribution in [1.82, 2.24) is 20.7 Å². The lowest BCUT2D eigenvalue weighted by Gasteiger charge is -2.29. The SMILES string of the molecule is Cc1cc(COc2ccc(C(=O)N[C@@H]3CN(C(=O)C4CCC4)C[C@@H]3C(=O)NO)cc2)c2ccccc2n1. The van der Waals surface area contributed by atoms with E-state index in [1.807, 2.05) is 37.3 Å². The molecule has 0 radical (unpaired) electrons. The summed E-state index contributed by atoms with van der Waals surface area (Å²) >= 11 is 0. The predicted octanol–water partition coefficient (Wildman–Crippen LogP) is 2.98. The molecule has 0 unspecified atom stereocenters. The minimum atomic E-state index is -0.723. The Morgan fingerprint density at radius 1 is 1.08 bits per heavy atom. The second-order valence-corrected chi connectivity index (χ2v) is 9.79. The molecule has 0 spiro atoms. The molecule has 1 saturated heterocycles. The van der Waals surface area contributed by atoms with Gasteiger partial charge < -0.3 is 15.0 Å². The zero-order valence-corrected chi connectivity index (χ0v) is 20.6. The average molecular weight is 503 g/mol. The van der Waals surface area contributed by atoms with Crippen LogP contribution in [0.25, 0.3) is 10.9 Å². The molecule has 0 bridgehead atoms. The Hall–Kier alpha value is -3.98. The first-order valence-electron chi connectivity index (χ1n) is 12.5. The molecule has 2 aromatic carbocycles. The van der Waals surface area contributed by atoms with Crippen molar-refractivity contribution in [3.63, 3.8) is 0 Å². The van der Waals surface area contributed by atoms with Crippen molar-refractivity contribution in [3.8, 4) is 5.75 Å². The van der Waals surface area contributed by atoms with Crippen molar-refractivity contribution in [2.24, 2.45) is 11.8 Å². The predicted molar refractivity (Wildman–Crippen MR) is 136 cm³/mol. The fraction of sp³-hybridized carbons (Fsp3) is 0.357. The molecule has 1 aliphatic heterocycles. The Morgan fingerprint density at radius 3 is 2.54 bits per heavy atom. The van der Waals surface area contributed by atoms with Crippen LogP contribution in [0.15, 0.2) is 54.6 Å². The van der Waals surface area contributed by atoms with E-state index >= 15 is 0 Å². The summed E-state index contributed by atoms with van der Waals surface area (Å²) in [4.78, 5) is 44.0. The highest BCUT2D eigenvalue weighted by atomic mass is 16.5. The summed E-state index contributed by atoms with van der Waals surface area (Å²) in [7, 11) is 0.